The van der Waals surface area contributed by atoms with Gasteiger partial charge in [-0.3, -0.25) is 14.2 Å². The minimum atomic E-state index is -0.635. The van der Waals surface area contributed by atoms with Crippen molar-refractivity contribution in [1.29, 1.82) is 0 Å². The monoisotopic (exact) mass is 656 g/mol. The number of fused-ring (bicyclic) bond motifs is 2. The number of amides is 1. The highest BCUT2D eigenvalue weighted by molar-refractivity contribution is 7.07. The van der Waals surface area contributed by atoms with Gasteiger partial charge in [0.05, 0.1) is 21.8 Å². The number of hydrogen-bond donors (Lipinski definition) is 1. The molecule has 1 aliphatic rings. The van der Waals surface area contributed by atoms with Crippen LogP contribution in [0.1, 0.15) is 55.0 Å². The predicted octanol–water partition coefficient (Wildman–Crippen LogP) is 7.65. The summed E-state index contributed by atoms with van der Waals surface area (Å²) in [5.41, 5.74) is 6.71. The van der Waals surface area contributed by atoms with E-state index in [0.717, 1.165) is 27.6 Å². The molecular weight excluding hydrogens is 624 g/mol. The van der Waals surface area contributed by atoms with Crippen LogP contribution in [-0.2, 0) is 11.3 Å². The second-order valence-corrected chi connectivity index (χ2v) is 13.5. The van der Waals surface area contributed by atoms with Gasteiger partial charge >= 0.3 is 0 Å². The summed E-state index contributed by atoms with van der Waals surface area (Å²) in [4.78, 5) is 33.7. The number of allylic oxidation sites excluding steroid dienone is 1. The van der Waals surface area contributed by atoms with E-state index in [2.05, 4.69) is 54.2 Å². The molecule has 0 aliphatic carbocycles. The number of aromatic nitrogens is 2. The molecule has 0 saturated carbocycles. The molecule has 3 heterocycles. The van der Waals surface area contributed by atoms with Crippen molar-refractivity contribution in [3.63, 3.8) is 0 Å². The second-order valence-electron chi connectivity index (χ2n) is 12.1. The molecule has 2 aromatic heterocycles. The number of para-hydroxylation sites is 2. The molecule has 1 amide bonds. The summed E-state index contributed by atoms with van der Waals surface area (Å²) >= 11 is 7.47. The molecule has 0 unspecified atom stereocenters. The number of carbonyl (C=O) groups excluding carboxylic acids is 1. The Morgan fingerprint density at radius 2 is 1.66 bits per heavy atom. The van der Waals surface area contributed by atoms with E-state index >= 15 is 0 Å². The third kappa shape index (κ3) is 6.00. The van der Waals surface area contributed by atoms with Gasteiger partial charge in [-0.1, -0.05) is 110 Å². The summed E-state index contributed by atoms with van der Waals surface area (Å²) < 4.78 is 4.43. The van der Waals surface area contributed by atoms with Gasteiger partial charge in [0.25, 0.3) is 11.5 Å². The molecule has 6 aromatic rings. The van der Waals surface area contributed by atoms with Crippen LogP contribution in [0, 0.1) is 0 Å². The van der Waals surface area contributed by atoms with E-state index in [0.29, 0.717) is 43.8 Å². The van der Waals surface area contributed by atoms with Crippen molar-refractivity contribution in [1.82, 2.24) is 9.13 Å². The molecule has 8 heteroatoms. The van der Waals surface area contributed by atoms with Gasteiger partial charge in [-0.05, 0) is 65.9 Å². The molecule has 7 rings (SSSR count). The van der Waals surface area contributed by atoms with E-state index in [1.54, 1.807) is 4.57 Å². The standard InChI is InChI=1S/C39H33ClN4O2S/c1-24(2)27-15-17-28(18-16-27)36-35(37(45)42-31-9-5-4-6-10-31)25(3)41-39-44(36)38(46)34(47-39)21-29-23-43(33-12-8-7-11-32(29)33)22-26-13-19-30(40)20-14-26/h4-21,23-24,36H,22H2,1-3H3,(H,42,45)/b34-21+/t36-/m1/s1. The van der Waals surface area contributed by atoms with Gasteiger partial charge in [0, 0.05) is 39.9 Å². The average molecular weight is 657 g/mol. The Bertz CT molecular complexity index is 2330. The second kappa shape index (κ2) is 12.7. The fraction of sp³-hybridized carbons (Fsp3) is 0.154. The molecule has 4 aromatic carbocycles. The Labute approximate surface area is 281 Å². The van der Waals surface area contributed by atoms with Crippen LogP contribution in [0.2, 0.25) is 5.02 Å². The smallest absolute Gasteiger partial charge is 0.271 e. The van der Waals surface area contributed by atoms with E-state index in [4.69, 9.17) is 16.6 Å². The molecule has 6 nitrogen and oxygen atoms in total. The molecule has 0 saturated heterocycles. The number of thiazole rings is 1. The third-order valence-corrected chi connectivity index (χ3v) is 9.82. The Morgan fingerprint density at radius 3 is 2.38 bits per heavy atom. The number of nitrogens with zero attached hydrogens (tertiary/aromatic N) is 3. The molecule has 1 atom stereocenters. The van der Waals surface area contributed by atoms with Crippen LogP contribution >= 0.6 is 22.9 Å². The van der Waals surface area contributed by atoms with E-state index in [1.165, 1.54) is 16.9 Å². The fourth-order valence-corrected chi connectivity index (χ4v) is 7.32. The summed E-state index contributed by atoms with van der Waals surface area (Å²) in [7, 11) is 0. The number of rotatable bonds is 7. The van der Waals surface area contributed by atoms with Crippen LogP contribution in [0.3, 0.4) is 0 Å². The first-order valence-electron chi connectivity index (χ1n) is 15.6. The van der Waals surface area contributed by atoms with Gasteiger partial charge in [-0.25, -0.2) is 4.99 Å². The molecule has 0 bridgehead atoms. The van der Waals surface area contributed by atoms with Gasteiger partial charge in [0.1, 0.15) is 0 Å². The zero-order valence-electron chi connectivity index (χ0n) is 26.3. The maximum Gasteiger partial charge on any atom is 0.271 e. The number of benzene rings is 4. The Hall–Kier alpha value is -4.98. The lowest BCUT2D eigenvalue weighted by atomic mass is 9.93. The van der Waals surface area contributed by atoms with E-state index < -0.39 is 6.04 Å². The maximum absolute atomic E-state index is 14.4. The van der Waals surface area contributed by atoms with Crippen LogP contribution in [0.5, 0.6) is 0 Å². The normalized spacial score (nSPS) is 14.8. The zero-order valence-corrected chi connectivity index (χ0v) is 27.8. The van der Waals surface area contributed by atoms with Crippen molar-refractivity contribution in [3.8, 4) is 0 Å². The summed E-state index contributed by atoms with van der Waals surface area (Å²) in [5.74, 6) is 0.0703. The summed E-state index contributed by atoms with van der Waals surface area (Å²) in [5, 5.41) is 4.78. The lowest BCUT2D eigenvalue weighted by Gasteiger charge is -2.25. The molecule has 0 radical (unpaired) electrons. The maximum atomic E-state index is 14.4. The van der Waals surface area contributed by atoms with Crippen LogP contribution in [0.15, 0.2) is 130 Å². The molecule has 0 fully saturated rings. The number of nitrogens with one attached hydrogen (secondary N) is 1. The van der Waals surface area contributed by atoms with Crippen molar-refractivity contribution >= 4 is 51.5 Å². The summed E-state index contributed by atoms with van der Waals surface area (Å²) in [6.07, 6.45) is 4.04. The number of carbonyl (C=O) groups is 1. The third-order valence-electron chi connectivity index (χ3n) is 8.59. The number of anilines is 1. The Morgan fingerprint density at radius 1 is 0.957 bits per heavy atom. The van der Waals surface area contributed by atoms with Gasteiger partial charge in [0.2, 0.25) is 0 Å². The first-order chi connectivity index (χ1) is 22.8. The van der Waals surface area contributed by atoms with E-state index in [1.807, 2.05) is 91.9 Å². The first kappa shape index (κ1) is 30.7. The molecule has 0 spiro atoms. The predicted molar refractivity (Wildman–Crippen MR) is 192 cm³/mol. The average Bonchev–Trinajstić information content (AvgIpc) is 3.57. The van der Waals surface area contributed by atoms with E-state index in [9.17, 15) is 9.59 Å². The van der Waals surface area contributed by atoms with Gasteiger partial charge in [0.15, 0.2) is 4.80 Å². The molecule has 1 aliphatic heterocycles. The highest BCUT2D eigenvalue weighted by atomic mass is 35.5. The minimum absolute atomic E-state index is 0.182. The van der Waals surface area contributed by atoms with Crippen molar-refractivity contribution in [2.24, 2.45) is 4.99 Å². The van der Waals surface area contributed by atoms with Crippen molar-refractivity contribution in [2.75, 3.05) is 5.32 Å². The summed E-state index contributed by atoms with van der Waals surface area (Å²) in [6.45, 7) is 6.80. The quantitative estimate of drug-likeness (QED) is 0.192. The number of hydrogen-bond acceptors (Lipinski definition) is 4. The van der Waals surface area contributed by atoms with Crippen LogP contribution in [0.25, 0.3) is 17.0 Å². The van der Waals surface area contributed by atoms with E-state index in [-0.39, 0.29) is 11.5 Å². The van der Waals surface area contributed by atoms with Gasteiger partial charge in [-0.15, -0.1) is 0 Å². The largest absolute Gasteiger partial charge is 0.342 e. The van der Waals surface area contributed by atoms with Gasteiger partial charge < -0.3 is 9.88 Å². The Kier molecular flexibility index (Phi) is 8.26. The highest BCUT2D eigenvalue weighted by Gasteiger charge is 2.32. The minimum Gasteiger partial charge on any atom is -0.342 e. The van der Waals surface area contributed by atoms with Crippen molar-refractivity contribution in [2.45, 2.75) is 39.3 Å². The SMILES string of the molecule is CC1=C(C(=O)Nc2ccccc2)[C@@H](c2ccc(C(C)C)cc2)n2c(s/c(=C/c3cn(Cc4ccc(Cl)cc4)c4ccccc34)c2=O)=N1. The first-order valence-corrected chi connectivity index (χ1v) is 16.8. The summed E-state index contributed by atoms with van der Waals surface area (Å²) in [6, 6.07) is 32.9. The highest BCUT2D eigenvalue weighted by Crippen LogP contribution is 2.32. The Balaban J connectivity index is 1.35. The lowest BCUT2D eigenvalue weighted by molar-refractivity contribution is -0.113. The zero-order chi connectivity index (χ0) is 32.7. The van der Waals surface area contributed by atoms with Gasteiger partial charge in [-0.2, -0.15) is 0 Å². The van der Waals surface area contributed by atoms with Crippen LogP contribution in [0.4, 0.5) is 5.69 Å². The topological polar surface area (TPSA) is 68.4 Å². The molecule has 234 valence electrons. The fourth-order valence-electron chi connectivity index (χ4n) is 6.16. The number of halogens is 1. The van der Waals surface area contributed by atoms with Crippen LogP contribution in [-0.4, -0.2) is 15.0 Å². The molecule has 47 heavy (non-hydrogen) atoms. The lowest BCUT2D eigenvalue weighted by Crippen LogP contribution is -2.40. The molecular formula is C39H33ClN4O2S. The van der Waals surface area contributed by atoms with Crippen LogP contribution < -0.4 is 20.2 Å². The molecule has 1 N–H and O–H groups in total. The van der Waals surface area contributed by atoms with Crippen molar-refractivity contribution < 1.29 is 4.79 Å². The van der Waals surface area contributed by atoms with Crippen molar-refractivity contribution in [3.05, 3.63) is 168 Å².